The molecule has 0 unspecified atom stereocenters. The number of nitrogens with zero attached hydrogens (tertiary/aromatic N) is 1. The molecule has 0 amide bonds. The summed E-state index contributed by atoms with van der Waals surface area (Å²) in [7, 11) is -2.49. The van der Waals surface area contributed by atoms with Gasteiger partial charge in [0.05, 0.1) is 19.8 Å². The Bertz CT molecular complexity index is 548. The van der Waals surface area contributed by atoms with Crippen molar-refractivity contribution in [3.8, 4) is 5.75 Å². The first kappa shape index (κ1) is 14.2. The minimum absolute atomic E-state index is 0.00921. The Balaban J connectivity index is 2.42. The highest BCUT2D eigenvalue weighted by Crippen LogP contribution is 2.31. The molecule has 1 aromatic carbocycles. The third-order valence-corrected chi connectivity index (χ3v) is 5.14. The first-order valence-corrected chi connectivity index (χ1v) is 7.34. The summed E-state index contributed by atoms with van der Waals surface area (Å²) in [5.41, 5.74) is 0. The molecule has 0 bridgehead atoms. The monoisotopic (exact) mass is 289 g/mol. The Morgan fingerprint density at radius 2 is 2.16 bits per heavy atom. The predicted octanol–water partition coefficient (Wildman–Crippen LogP) is 0.789. The summed E-state index contributed by atoms with van der Waals surface area (Å²) in [6, 6.07) is 5.46. The first-order chi connectivity index (χ1) is 9.00. The van der Waals surface area contributed by atoms with Gasteiger partial charge in [0.2, 0.25) is 10.0 Å². The molecule has 1 saturated heterocycles. The van der Waals surface area contributed by atoms with Crippen molar-refractivity contribution in [1.29, 1.82) is 0 Å². The van der Waals surface area contributed by atoms with E-state index in [-0.39, 0.29) is 23.6 Å². The van der Waals surface area contributed by atoms with Gasteiger partial charge in [0.25, 0.3) is 0 Å². The molecule has 19 heavy (non-hydrogen) atoms. The highest BCUT2D eigenvalue weighted by Gasteiger charge is 2.41. The summed E-state index contributed by atoms with van der Waals surface area (Å²) in [5, 5.41) is 9.19. The topological polar surface area (TPSA) is 66.8 Å². The van der Waals surface area contributed by atoms with Gasteiger partial charge in [-0.15, -0.1) is 0 Å². The van der Waals surface area contributed by atoms with Crippen molar-refractivity contribution in [1.82, 2.24) is 4.31 Å². The summed E-state index contributed by atoms with van der Waals surface area (Å²) in [4.78, 5) is -0.00921. The number of halogens is 1. The number of aliphatic hydroxyl groups excluding tert-OH is 1. The molecule has 7 heteroatoms. The standard InChI is InChI=1S/C12H16FNO4S/c1-18-11-4-2-3-5-12(11)19(16,17)14-7-9(13)6-10(14)8-15/h2-5,9-10,15H,6-8H2,1H3/t9-,10-/m0/s1. The van der Waals surface area contributed by atoms with E-state index in [0.717, 1.165) is 4.31 Å². The number of ether oxygens (including phenoxy) is 1. The fourth-order valence-corrected chi connectivity index (χ4v) is 4.06. The van der Waals surface area contributed by atoms with Crippen LogP contribution in [0, 0.1) is 0 Å². The van der Waals surface area contributed by atoms with E-state index in [1.165, 1.54) is 19.2 Å². The van der Waals surface area contributed by atoms with Crippen LogP contribution in [0.1, 0.15) is 6.42 Å². The van der Waals surface area contributed by atoms with Crippen LogP contribution in [0.3, 0.4) is 0 Å². The van der Waals surface area contributed by atoms with E-state index in [2.05, 4.69) is 0 Å². The highest BCUT2D eigenvalue weighted by atomic mass is 32.2. The van der Waals surface area contributed by atoms with E-state index in [9.17, 15) is 17.9 Å². The van der Waals surface area contributed by atoms with E-state index in [0.29, 0.717) is 0 Å². The van der Waals surface area contributed by atoms with Crippen molar-refractivity contribution < 1.29 is 22.7 Å². The Morgan fingerprint density at radius 3 is 2.79 bits per heavy atom. The van der Waals surface area contributed by atoms with Crippen LogP contribution in [-0.4, -0.2) is 50.3 Å². The molecular weight excluding hydrogens is 273 g/mol. The van der Waals surface area contributed by atoms with Crippen molar-refractivity contribution in [3.63, 3.8) is 0 Å². The molecule has 1 aliphatic rings. The molecule has 0 aliphatic carbocycles. The van der Waals surface area contributed by atoms with Crippen LogP contribution in [0.5, 0.6) is 5.75 Å². The summed E-state index contributed by atoms with van der Waals surface area (Å²) < 4.78 is 44.4. The van der Waals surface area contributed by atoms with E-state index in [1.54, 1.807) is 12.1 Å². The summed E-state index contributed by atoms with van der Waals surface area (Å²) >= 11 is 0. The van der Waals surface area contributed by atoms with Gasteiger partial charge in [-0.05, 0) is 18.6 Å². The number of methoxy groups -OCH3 is 1. The molecule has 0 aromatic heterocycles. The Kier molecular flexibility index (Phi) is 4.07. The molecule has 106 valence electrons. The van der Waals surface area contributed by atoms with Crippen LogP contribution in [-0.2, 0) is 10.0 Å². The fraction of sp³-hybridized carbons (Fsp3) is 0.500. The van der Waals surface area contributed by atoms with Crippen LogP contribution in [0.25, 0.3) is 0 Å². The molecular formula is C12H16FNO4S. The van der Waals surface area contributed by atoms with Gasteiger partial charge in [0.15, 0.2) is 0 Å². The lowest BCUT2D eigenvalue weighted by Gasteiger charge is -2.22. The minimum Gasteiger partial charge on any atom is -0.495 e. The molecule has 2 rings (SSSR count). The number of hydrogen-bond acceptors (Lipinski definition) is 4. The van der Waals surface area contributed by atoms with Gasteiger partial charge in [-0.25, -0.2) is 12.8 Å². The maximum Gasteiger partial charge on any atom is 0.247 e. The second kappa shape index (κ2) is 5.44. The van der Waals surface area contributed by atoms with Gasteiger partial charge < -0.3 is 9.84 Å². The highest BCUT2D eigenvalue weighted by molar-refractivity contribution is 7.89. The molecule has 5 nitrogen and oxygen atoms in total. The smallest absolute Gasteiger partial charge is 0.247 e. The fourth-order valence-electron chi connectivity index (χ4n) is 2.25. The van der Waals surface area contributed by atoms with Crippen LogP contribution < -0.4 is 4.74 Å². The number of alkyl halides is 1. The summed E-state index contributed by atoms with van der Waals surface area (Å²) in [6.45, 7) is -0.625. The third kappa shape index (κ3) is 2.58. The van der Waals surface area contributed by atoms with Crippen LogP contribution in [0.2, 0.25) is 0 Å². The number of aliphatic hydroxyl groups is 1. The Hall–Kier alpha value is -1.18. The van der Waals surface area contributed by atoms with Crippen molar-refractivity contribution in [2.45, 2.75) is 23.5 Å². The van der Waals surface area contributed by atoms with Gasteiger partial charge in [-0.1, -0.05) is 12.1 Å². The van der Waals surface area contributed by atoms with Crippen molar-refractivity contribution >= 4 is 10.0 Å². The maximum absolute atomic E-state index is 13.4. The molecule has 1 aromatic rings. The summed E-state index contributed by atoms with van der Waals surface area (Å²) in [6.07, 6.45) is -1.23. The van der Waals surface area contributed by atoms with E-state index in [1.807, 2.05) is 0 Å². The van der Waals surface area contributed by atoms with E-state index < -0.39 is 28.8 Å². The minimum atomic E-state index is -3.87. The molecule has 2 atom stereocenters. The van der Waals surface area contributed by atoms with Gasteiger partial charge in [0, 0.05) is 6.54 Å². The molecule has 0 saturated carbocycles. The van der Waals surface area contributed by atoms with Crippen LogP contribution in [0.15, 0.2) is 29.2 Å². The second-order valence-electron chi connectivity index (χ2n) is 4.39. The molecule has 1 fully saturated rings. The van der Waals surface area contributed by atoms with E-state index >= 15 is 0 Å². The quantitative estimate of drug-likeness (QED) is 0.890. The molecule has 1 aliphatic heterocycles. The van der Waals surface area contributed by atoms with E-state index in [4.69, 9.17) is 4.74 Å². The SMILES string of the molecule is COc1ccccc1S(=O)(=O)N1C[C@@H](F)C[C@H]1CO. The average Bonchev–Trinajstić information content (AvgIpc) is 2.80. The van der Waals surface area contributed by atoms with Gasteiger partial charge >= 0.3 is 0 Å². The summed E-state index contributed by atoms with van der Waals surface area (Å²) in [5.74, 6) is 0.210. The molecule has 1 heterocycles. The van der Waals surface area contributed by atoms with Gasteiger partial charge in [-0.2, -0.15) is 4.31 Å². The third-order valence-electron chi connectivity index (χ3n) is 3.18. The lowest BCUT2D eigenvalue weighted by Crippen LogP contribution is -2.38. The van der Waals surface area contributed by atoms with Crippen LogP contribution >= 0.6 is 0 Å². The maximum atomic E-state index is 13.4. The van der Waals surface area contributed by atoms with Crippen molar-refractivity contribution in [2.24, 2.45) is 0 Å². The zero-order chi connectivity index (χ0) is 14.0. The molecule has 0 radical (unpaired) electrons. The number of benzene rings is 1. The van der Waals surface area contributed by atoms with Gasteiger partial charge in [-0.3, -0.25) is 0 Å². The number of rotatable bonds is 4. The molecule has 1 N–H and O–H groups in total. The van der Waals surface area contributed by atoms with Crippen molar-refractivity contribution in [2.75, 3.05) is 20.3 Å². The normalized spacial score (nSPS) is 24.6. The average molecular weight is 289 g/mol. The second-order valence-corrected chi connectivity index (χ2v) is 6.25. The van der Waals surface area contributed by atoms with Gasteiger partial charge in [0.1, 0.15) is 16.8 Å². The lowest BCUT2D eigenvalue weighted by molar-refractivity contribution is 0.212. The predicted molar refractivity (Wildman–Crippen MR) is 67.3 cm³/mol. The largest absolute Gasteiger partial charge is 0.495 e. The van der Waals surface area contributed by atoms with Crippen LogP contribution in [0.4, 0.5) is 4.39 Å². The Morgan fingerprint density at radius 1 is 1.47 bits per heavy atom. The number of para-hydroxylation sites is 1. The number of hydrogen-bond donors (Lipinski definition) is 1. The lowest BCUT2D eigenvalue weighted by atomic mass is 10.2. The van der Waals surface area contributed by atoms with Crippen molar-refractivity contribution in [3.05, 3.63) is 24.3 Å². The number of sulfonamides is 1. The zero-order valence-corrected chi connectivity index (χ0v) is 11.3. The zero-order valence-electron chi connectivity index (χ0n) is 10.5. The molecule has 0 spiro atoms. The first-order valence-electron chi connectivity index (χ1n) is 5.90. The Labute approximate surface area is 111 Å².